The van der Waals surface area contributed by atoms with Crippen molar-refractivity contribution in [1.82, 2.24) is 21.3 Å². The van der Waals surface area contributed by atoms with E-state index in [0.717, 1.165) is 0 Å². The van der Waals surface area contributed by atoms with Crippen LogP contribution in [0.4, 0.5) is 35.9 Å². The Morgan fingerprint density at radius 1 is 0.647 bits per heavy atom. The lowest BCUT2D eigenvalue weighted by atomic mass is 10.0. The fourth-order valence-electron chi connectivity index (χ4n) is 3.27. The molecule has 0 bridgehead atoms. The first kappa shape index (κ1) is 30.1. The largest absolute Gasteiger partial charge is 0.444 e. The van der Waals surface area contributed by atoms with Gasteiger partial charge in [0.15, 0.2) is 0 Å². The Labute approximate surface area is 194 Å². The van der Waals surface area contributed by atoms with Crippen LogP contribution < -0.4 is 21.3 Å². The van der Waals surface area contributed by atoms with Gasteiger partial charge in [-0.05, 0) is 41.5 Å². The van der Waals surface area contributed by atoms with Crippen LogP contribution in [0.1, 0.15) is 41.5 Å². The molecule has 0 aromatic rings. The van der Waals surface area contributed by atoms with Gasteiger partial charge in [-0.25, -0.2) is 9.59 Å². The van der Waals surface area contributed by atoms with Gasteiger partial charge >= 0.3 is 24.5 Å². The molecule has 2 saturated heterocycles. The predicted molar refractivity (Wildman–Crippen MR) is 111 cm³/mol. The van der Waals surface area contributed by atoms with Crippen molar-refractivity contribution < 1.29 is 45.4 Å². The van der Waals surface area contributed by atoms with Crippen LogP contribution in [0, 0.1) is 11.8 Å². The number of nitrogens with one attached hydrogen (secondary N) is 4. The molecular formula is C20H34F6N4O4. The fourth-order valence-corrected chi connectivity index (χ4v) is 3.27. The minimum atomic E-state index is -4.32. The number of hydrogen-bond donors (Lipinski definition) is 4. The van der Waals surface area contributed by atoms with E-state index < -0.39 is 59.7 Å². The number of ether oxygens (including phenoxy) is 2. The summed E-state index contributed by atoms with van der Waals surface area (Å²) in [5.41, 5.74) is -1.44. The number of alkyl carbamates (subject to hydrolysis) is 2. The summed E-state index contributed by atoms with van der Waals surface area (Å²) in [5, 5.41) is 9.71. The van der Waals surface area contributed by atoms with E-state index in [9.17, 15) is 35.9 Å². The minimum absolute atomic E-state index is 0.101. The van der Waals surface area contributed by atoms with Crippen molar-refractivity contribution in [3.05, 3.63) is 0 Å². The third-order valence-electron chi connectivity index (χ3n) is 4.67. The second-order valence-corrected chi connectivity index (χ2v) is 10.1. The van der Waals surface area contributed by atoms with Gasteiger partial charge in [0.2, 0.25) is 0 Å². The quantitative estimate of drug-likeness (QED) is 0.427. The topological polar surface area (TPSA) is 101 Å². The Morgan fingerprint density at radius 3 is 1.18 bits per heavy atom. The molecule has 0 saturated carbocycles. The van der Waals surface area contributed by atoms with Crippen LogP contribution in [0.25, 0.3) is 0 Å². The molecule has 2 fully saturated rings. The van der Waals surface area contributed by atoms with E-state index in [4.69, 9.17) is 9.47 Å². The maximum Gasteiger partial charge on any atom is 0.407 e. The van der Waals surface area contributed by atoms with Gasteiger partial charge in [-0.2, -0.15) is 26.3 Å². The average Bonchev–Trinajstić information content (AvgIpc) is 3.19. The Kier molecular flexibility index (Phi) is 9.89. The number of halogens is 6. The molecule has 4 atom stereocenters. The summed E-state index contributed by atoms with van der Waals surface area (Å²) >= 11 is 0. The summed E-state index contributed by atoms with van der Waals surface area (Å²) in [5.74, 6) is -3.12. The number of carbonyl (C=O) groups is 2. The van der Waals surface area contributed by atoms with E-state index in [0.29, 0.717) is 0 Å². The zero-order valence-corrected chi connectivity index (χ0v) is 20.0. The molecule has 0 aromatic carbocycles. The molecule has 8 nitrogen and oxygen atoms in total. The van der Waals surface area contributed by atoms with Crippen molar-refractivity contribution in [1.29, 1.82) is 0 Å². The molecule has 2 heterocycles. The lowest BCUT2D eigenvalue weighted by molar-refractivity contribution is -0.174. The van der Waals surface area contributed by atoms with Crippen LogP contribution in [0.3, 0.4) is 0 Å². The van der Waals surface area contributed by atoms with Gasteiger partial charge in [0, 0.05) is 26.2 Å². The highest BCUT2D eigenvalue weighted by atomic mass is 19.4. The minimum Gasteiger partial charge on any atom is -0.444 e. The first-order valence-electron chi connectivity index (χ1n) is 10.7. The molecule has 34 heavy (non-hydrogen) atoms. The fraction of sp³-hybridized carbons (Fsp3) is 0.900. The zero-order valence-electron chi connectivity index (χ0n) is 20.0. The van der Waals surface area contributed by atoms with Crippen LogP contribution in [-0.4, -0.2) is 74.0 Å². The molecule has 200 valence electrons. The summed E-state index contributed by atoms with van der Waals surface area (Å²) in [6, 6.07) is -1.94. The molecule has 2 aliphatic heterocycles. The summed E-state index contributed by atoms with van der Waals surface area (Å²) in [7, 11) is 0. The third kappa shape index (κ3) is 11.0. The van der Waals surface area contributed by atoms with E-state index >= 15 is 0 Å². The monoisotopic (exact) mass is 508 g/mol. The van der Waals surface area contributed by atoms with Crippen molar-refractivity contribution >= 4 is 12.2 Å². The summed E-state index contributed by atoms with van der Waals surface area (Å²) in [4.78, 5) is 22.7. The standard InChI is InChI=1S/2C10H17F3N2O2/c2*1-9(2,3)17-8(16)15-7-5-14-4-6(7)10(11,12)13/h2*6-7,14H,4-5H2,1-3H3,(H,15,16)/t2*6-,7-/m10/s1. The van der Waals surface area contributed by atoms with E-state index in [2.05, 4.69) is 21.3 Å². The maximum atomic E-state index is 12.6. The van der Waals surface area contributed by atoms with Crippen molar-refractivity contribution in [2.45, 2.75) is 77.2 Å². The normalized spacial score (nSPS) is 25.8. The van der Waals surface area contributed by atoms with Crippen LogP contribution in [0.2, 0.25) is 0 Å². The molecule has 0 aliphatic carbocycles. The molecule has 2 amide bonds. The molecule has 0 aromatic heterocycles. The highest BCUT2D eigenvalue weighted by Crippen LogP contribution is 2.31. The van der Waals surface area contributed by atoms with Crippen LogP contribution >= 0.6 is 0 Å². The van der Waals surface area contributed by atoms with Gasteiger partial charge in [0.25, 0.3) is 0 Å². The molecule has 2 rings (SSSR count). The molecular weight excluding hydrogens is 474 g/mol. The van der Waals surface area contributed by atoms with Crippen molar-refractivity contribution in [3.8, 4) is 0 Å². The van der Waals surface area contributed by atoms with Gasteiger partial charge in [-0.3, -0.25) is 0 Å². The number of hydrogen-bond acceptors (Lipinski definition) is 6. The lowest BCUT2D eigenvalue weighted by Gasteiger charge is -2.25. The summed E-state index contributed by atoms with van der Waals surface area (Å²) < 4.78 is 85.2. The van der Waals surface area contributed by atoms with Crippen LogP contribution in [-0.2, 0) is 9.47 Å². The van der Waals surface area contributed by atoms with E-state index in [1.807, 2.05) is 0 Å². The second-order valence-electron chi connectivity index (χ2n) is 10.1. The Balaban J connectivity index is 0.000000340. The third-order valence-corrected chi connectivity index (χ3v) is 4.67. The van der Waals surface area contributed by atoms with Crippen molar-refractivity contribution in [2.75, 3.05) is 26.2 Å². The average molecular weight is 509 g/mol. The Bertz CT molecular complexity index is 631. The van der Waals surface area contributed by atoms with Crippen molar-refractivity contribution in [2.24, 2.45) is 11.8 Å². The lowest BCUT2D eigenvalue weighted by Crippen LogP contribution is -2.47. The highest BCUT2D eigenvalue weighted by Gasteiger charge is 2.49. The predicted octanol–water partition coefficient (Wildman–Crippen LogP) is 3.32. The number of rotatable bonds is 2. The van der Waals surface area contributed by atoms with Crippen LogP contribution in [0.15, 0.2) is 0 Å². The first-order chi connectivity index (χ1) is 15.2. The smallest absolute Gasteiger partial charge is 0.407 e. The summed E-state index contributed by atoms with van der Waals surface area (Å²) in [6.45, 7) is 9.77. The maximum absolute atomic E-state index is 12.6. The molecule has 14 heteroatoms. The van der Waals surface area contributed by atoms with Gasteiger partial charge in [-0.15, -0.1) is 0 Å². The van der Waals surface area contributed by atoms with Crippen molar-refractivity contribution in [3.63, 3.8) is 0 Å². The number of alkyl halides is 6. The van der Waals surface area contributed by atoms with Gasteiger partial charge in [-0.1, -0.05) is 0 Å². The van der Waals surface area contributed by atoms with E-state index in [1.54, 1.807) is 41.5 Å². The Hall–Kier alpha value is -1.96. The number of amides is 2. The second kappa shape index (κ2) is 11.2. The molecule has 0 unspecified atom stereocenters. The molecule has 2 aliphatic rings. The molecule has 4 N–H and O–H groups in total. The zero-order chi connectivity index (χ0) is 26.5. The highest BCUT2D eigenvalue weighted by molar-refractivity contribution is 5.68. The van der Waals surface area contributed by atoms with Gasteiger partial charge in [0.1, 0.15) is 11.2 Å². The number of carbonyl (C=O) groups excluding carboxylic acids is 2. The van der Waals surface area contributed by atoms with Gasteiger partial charge in [0.05, 0.1) is 23.9 Å². The molecule has 0 radical (unpaired) electrons. The molecule has 0 spiro atoms. The van der Waals surface area contributed by atoms with E-state index in [-0.39, 0.29) is 26.2 Å². The SMILES string of the molecule is CC(C)(C)OC(=O)N[C@@H]1CNC[C@H]1C(F)(F)F.CC(C)(C)OC(=O)N[C@H]1CNC[C@@H]1C(F)(F)F. The van der Waals surface area contributed by atoms with E-state index in [1.165, 1.54) is 0 Å². The van der Waals surface area contributed by atoms with Crippen LogP contribution in [0.5, 0.6) is 0 Å². The summed E-state index contributed by atoms with van der Waals surface area (Å²) in [6.07, 6.45) is -10.3. The Morgan fingerprint density at radius 2 is 0.941 bits per heavy atom. The van der Waals surface area contributed by atoms with Gasteiger partial charge < -0.3 is 30.7 Å². The first-order valence-corrected chi connectivity index (χ1v) is 10.7.